The normalized spacial score (nSPS) is 10.7. The molecule has 0 saturated carbocycles. The third-order valence-electron chi connectivity index (χ3n) is 6.73. The van der Waals surface area contributed by atoms with Gasteiger partial charge in [-0.05, 0) is 84.3 Å². The molecule has 38 heavy (non-hydrogen) atoms. The van der Waals surface area contributed by atoms with Crippen molar-refractivity contribution in [2.45, 2.75) is 25.7 Å². The van der Waals surface area contributed by atoms with Crippen LogP contribution in [0.15, 0.2) is 72.8 Å². The maximum absolute atomic E-state index is 9.60. The van der Waals surface area contributed by atoms with Crippen molar-refractivity contribution in [3.8, 4) is 45.6 Å². The monoisotopic (exact) mass is 514 g/mol. The first-order valence-corrected chi connectivity index (χ1v) is 12.5. The second-order valence-electron chi connectivity index (χ2n) is 9.06. The van der Waals surface area contributed by atoms with Crippen LogP contribution in [0.1, 0.15) is 22.3 Å². The van der Waals surface area contributed by atoms with Gasteiger partial charge in [0.25, 0.3) is 0 Å². The lowest BCUT2D eigenvalue weighted by molar-refractivity contribution is 0.388. The molecule has 0 fully saturated rings. The van der Waals surface area contributed by atoms with Gasteiger partial charge in [-0.1, -0.05) is 24.3 Å². The Hall–Kier alpha value is -4.32. The molecule has 0 amide bonds. The molecule has 0 aliphatic heterocycles. The minimum atomic E-state index is 0.255. The highest BCUT2D eigenvalue weighted by Crippen LogP contribution is 2.43. The Bertz CT molecular complexity index is 1250. The molecule has 0 saturated heterocycles. The van der Waals surface area contributed by atoms with Crippen LogP contribution in [0.2, 0.25) is 0 Å². The number of methoxy groups -OCH3 is 4. The van der Waals surface area contributed by atoms with E-state index in [0.717, 1.165) is 70.6 Å². The zero-order valence-electron chi connectivity index (χ0n) is 22.3. The summed E-state index contributed by atoms with van der Waals surface area (Å²) in [4.78, 5) is 0. The van der Waals surface area contributed by atoms with Gasteiger partial charge in [-0.15, -0.1) is 0 Å². The molecule has 0 unspecified atom stereocenters. The van der Waals surface area contributed by atoms with E-state index in [4.69, 9.17) is 18.9 Å². The van der Waals surface area contributed by atoms with Crippen molar-refractivity contribution in [2.75, 3.05) is 28.4 Å². The van der Waals surface area contributed by atoms with Crippen molar-refractivity contribution in [1.82, 2.24) is 0 Å². The van der Waals surface area contributed by atoms with Crippen molar-refractivity contribution in [2.24, 2.45) is 0 Å². The first kappa shape index (κ1) is 26.7. The van der Waals surface area contributed by atoms with Gasteiger partial charge in [0.15, 0.2) is 0 Å². The number of hydrogen-bond acceptors (Lipinski definition) is 6. The van der Waals surface area contributed by atoms with Gasteiger partial charge in [0.2, 0.25) is 0 Å². The molecule has 198 valence electrons. The lowest BCUT2D eigenvalue weighted by Gasteiger charge is -2.19. The number of benzene rings is 4. The zero-order chi connectivity index (χ0) is 27.1. The van der Waals surface area contributed by atoms with E-state index in [1.54, 1.807) is 52.7 Å². The first-order valence-electron chi connectivity index (χ1n) is 12.5. The largest absolute Gasteiger partial charge is 0.508 e. The van der Waals surface area contributed by atoms with E-state index in [1.807, 2.05) is 36.4 Å². The van der Waals surface area contributed by atoms with Crippen molar-refractivity contribution in [3.63, 3.8) is 0 Å². The van der Waals surface area contributed by atoms with Crippen LogP contribution in [0, 0.1) is 0 Å². The summed E-state index contributed by atoms with van der Waals surface area (Å²) < 4.78 is 23.0. The minimum absolute atomic E-state index is 0.255. The molecule has 0 atom stereocenters. The van der Waals surface area contributed by atoms with Gasteiger partial charge in [0.05, 0.1) is 28.4 Å². The lowest BCUT2D eigenvalue weighted by Crippen LogP contribution is -2.01. The lowest BCUT2D eigenvalue weighted by atomic mass is 9.94. The summed E-state index contributed by atoms with van der Waals surface area (Å²) in [5.41, 5.74) is 6.14. The predicted molar refractivity (Wildman–Crippen MR) is 149 cm³/mol. The Morgan fingerprint density at radius 1 is 0.447 bits per heavy atom. The number of phenolic OH excluding ortho intramolecular Hbond substituents is 2. The van der Waals surface area contributed by atoms with Crippen LogP contribution in [0.4, 0.5) is 0 Å². The summed E-state index contributed by atoms with van der Waals surface area (Å²) in [6, 6.07) is 22.6. The fourth-order valence-electron chi connectivity index (χ4n) is 4.62. The smallest absolute Gasteiger partial charge is 0.130 e. The number of hydrogen-bond donors (Lipinski definition) is 2. The summed E-state index contributed by atoms with van der Waals surface area (Å²) in [7, 11) is 6.62. The van der Waals surface area contributed by atoms with Crippen LogP contribution in [0.25, 0.3) is 11.1 Å². The maximum atomic E-state index is 9.60. The molecule has 0 bridgehead atoms. The van der Waals surface area contributed by atoms with Crippen LogP contribution in [0.3, 0.4) is 0 Å². The highest BCUT2D eigenvalue weighted by molar-refractivity contribution is 5.79. The fraction of sp³-hybridized carbons (Fsp3) is 0.250. The summed E-state index contributed by atoms with van der Waals surface area (Å²) in [5, 5.41) is 19.2. The van der Waals surface area contributed by atoms with Crippen molar-refractivity contribution in [1.29, 1.82) is 0 Å². The van der Waals surface area contributed by atoms with Gasteiger partial charge in [0.1, 0.15) is 34.5 Å². The van der Waals surface area contributed by atoms with Gasteiger partial charge in [-0.3, -0.25) is 0 Å². The Morgan fingerprint density at radius 3 is 1.11 bits per heavy atom. The van der Waals surface area contributed by atoms with Crippen LogP contribution in [0.5, 0.6) is 34.5 Å². The van der Waals surface area contributed by atoms with Crippen LogP contribution in [-0.2, 0) is 25.7 Å². The number of ether oxygens (including phenoxy) is 4. The Kier molecular flexibility index (Phi) is 8.64. The van der Waals surface area contributed by atoms with Gasteiger partial charge in [-0.2, -0.15) is 0 Å². The third kappa shape index (κ3) is 6.14. The Balaban J connectivity index is 1.72. The molecular formula is C32H34O6. The highest BCUT2D eigenvalue weighted by atomic mass is 16.5. The highest BCUT2D eigenvalue weighted by Gasteiger charge is 2.19. The first-order chi connectivity index (χ1) is 18.4. The van der Waals surface area contributed by atoms with Crippen molar-refractivity contribution >= 4 is 0 Å². The summed E-state index contributed by atoms with van der Waals surface area (Å²) in [5.74, 6) is 3.39. The topological polar surface area (TPSA) is 77.4 Å². The second kappa shape index (κ2) is 12.3. The van der Waals surface area contributed by atoms with Gasteiger partial charge < -0.3 is 29.2 Å². The molecule has 0 aromatic heterocycles. The van der Waals surface area contributed by atoms with Gasteiger partial charge >= 0.3 is 0 Å². The van der Waals surface area contributed by atoms with Crippen molar-refractivity contribution < 1.29 is 29.2 Å². The van der Waals surface area contributed by atoms with E-state index in [1.165, 1.54) is 0 Å². The molecule has 6 heteroatoms. The molecule has 6 nitrogen and oxygen atoms in total. The minimum Gasteiger partial charge on any atom is -0.508 e. The van der Waals surface area contributed by atoms with E-state index in [2.05, 4.69) is 12.1 Å². The maximum Gasteiger partial charge on any atom is 0.130 e. The molecule has 0 spiro atoms. The van der Waals surface area contributed by atoms with E-state index < -0.39 is 0 Å². The molecule has 2 N–H and O–H groups in total. The van der Waals surface area contributed by atoms with E-state index in [-0.39, 0.29) is 11.5 Å². The van der Waals surface area contributed by atoms with Crippen LogP contribution >= 0.6 is 0 Å². The third-order valence-corrected chi connectivity index (χ3v) is 6.73. The Morgan fingerprint density at radius 2 is 0.789 bits per heavy atom. The summed E-state index contributed by atoms with van der Waals surface area (Å²) in [6.07, 6.45) is 3.08. The van der Waals surface area contributed by atoms with Crippen molar-refractivity contribution in [3.05, 3.63) is 95.1 Å². The average Bonchev–Trinajstić information content (AvgIpc) is 2.95. The molecular weight excluding hydrogens is 480 g/mol. The zero-order valence-corrected chi connectivity index (χ0v) is 22.3. The van der Waals surface area contributed by atoms with E-state index in [0.29, 0.717) is 11.5 Å². The standard InChI is InChI=1S/C32H34O6/c1-35-29-19-31(37-3)27(17-23(29)11-5-21-7-13-25(33)14-8-21)28-18-24(30(36-2)20-32(28)38-4)12-6-22-9-15-26(34)16-10-22/h7-10,13-20,33-34H,5-6,11-12H2,1-4H3. The number of phenols is 2. The molecule has 4 aromatic rings. The van der Waals surface area contributed by atoms with Crippen LogP contribution < -0.4 is 18.9 Å². The fourth-order valence-corrected chi connectivity index (χ4v) is 4.62. The average molecular weight is 515 g/mol. The molecule has 0 aliphatic rings. The van der Waals surface area contributed by atoms with Gasteiger partial charge in [-0.25, -0.2) is 0 Å². The molecule has 0 heterocycles. The quantitative estimate of drug-likeness (QED) is 0.242. The Labute approximate surface area is 224 Å². The molecule has 4 rings (SSSR count). The van der Waals surface area contributed by atoms with Gasteiger partial charge in [0, 0.05) is 23.3 Å². The summed E-state index contributed by atoms with van der Waals surface area (Å²) >= 11 is 0. The summed E-state index contributed by atoms with van der Waals surface area (Å²) in [6.45, 7) is 0. The van der Waals surface area contributed by atoms with E-state index in [9.17, 15) is 10.2 Å². The second-order valence-corrected chi connectivity index (χ2v) is 9.06. The predicted octanol–water partition coefficient (Wildman–Crippen LogP) is 6.37. The molecule has 0 radical (unpaired) electrons. The number of aromatic hydroxyl groups is 2. The molecule has 4 aromatic carbocycles. The number of rotatable bonds is 11. The molecule has 0 aliphatic carbocycles. The SMILES string of the molecule is COc1cc(OC)c(-c2cc(CCc3ccc(O)cc3)c(OC)cc2OC)cc1CCc1ccc(O)cc1. The van der Waals surface area contributed by atoms with E-state index >= 15 is 0 Å². The van der Waals surface area contributed by atoms with Crippen LogP contribution in [-0.4, -0.2) is 38.7 Å². The number of aryl methyl sites for hydroxylation is 4.